The van der Waals surface area contributed by atoms with E-state index in [2.05, 4.69) is 25.8 Å². The van der Waals surface area contributed by atoms with E-state index in [9.17, 15) is 14.4 Å². The molecule has 4 amide bonds. The van der Waals surface area contributed by atoms with Gasteiger partial charge in [0.15, 0.2) is 0 Å². The van der Waals surface area contributed by atoms with E-state index < -0.39 is 17.8 Å². The lowest BCUT2D eigenvalue weighted by atomic mass is 10.1. The highest BCUT2D eigenvalue weighted by molar-refractivity contribution is 9.10. The Balaban J connectivity index is 1.77. The highest BCUT2D eigenvalue weighted by atomic mass is 79.9. The molecule has 1 N–H and O–H groups in total. The standard InChI is InChI=1S/C22H18BrN3O3/c1-2-26-21(28)18(20(27)24-22(26)29)11-15-13-25(19-6-4-3-5-17(15)19)12-14-7-9-16(23)10-8-14/h3-11,13H,2,12H2,1H3,(H,24,27,29)/b18-11+. The van der Waals surface area contributed by atoms with Gasteiger partial charge >= 0.3 is 6.03 Å². The molecule has 146 valence electrons. The first-order valence-corrected chi connectivity index (χ1v) is 9.98. The Morgan fingerprint density at radius 3 is 2.48 bits per heavy atom. The average Bonchev–Trinajstić information content (AvgIpc) is 3.05. The SMILES string of the molecule is CCN1C(=O)NC(=O)/C(=C\c2cn(Cc3ccc(Br)cc3)c3ccccc23)C1=O. The normalized spacial score (nSPS) is 16.0. The fourth-order valence-electron chi connectivity index (χ4n) is 3.44. The molecular weight excluding hydrogens is 434 g/mol. The van der Waals surface area contributed by atoms with Crippen LogP contribution in [-0.4, -0.2) is 33.9 Å². The second-order valence-electron chi connectivity index (χ2n) is 6.72. The first kappa shape index (κ1) is 19.1. The Bertz CT molecular complexity index is 1160. The van der Waals surface area contributed by atoms with Gasteiger partial charge in [0, 0.05) is 40.2 Å². The number of nitrogens with one attached hydrogen (secondary N) is 1. The largest absolute Gasteiger partial charge is 0.342 e. The fraction of sp³-hybridized carbons (Fsp3) is 0.136. The van der Waals surface area contributed by atoms with Crippen molar-refractivity contribution in [3.05, 3.63) is 75.9 Å². The summed E-state index contributed by atoms with van der Waals surface area (Å²) in [6.07, 6.45) is 3.49. The number of nitrogens with zero attached hydrogens (tertiary/aromatic N) is 2. The molecule has 1 aromatic heterocycles. The summed E-state index contributed by atoms with van der Waals surface area (Å²) in [4.78, 5) is 37.7. The van der Waals surface area contributed by atoms with Crippen molar-refractivity contribution in [2.24, 2.45) is 0 Å². The third kappa shape index (κ3) is 3.61. The van der Waals surface area contributed by atoms with Crippen LogP contribution >= 0.6 is 15.9 Å². The zero-order chi connectivity index (χ0) is 20.5. The molecule has 29 heavy (non-hydrogen) atoms. The number of aromatic nitrogens is 1. The van der Waals surface area contributed by atoms with E-state index in [-0.39, 0.29) is 12.1 Å². The summed E-state index contributed by atoms with van der Waals surface area (Å²) in [6, 6.07) is 15.2. The monoisotopic (exact) mass is 451 g/mol. The first-order valence-electron chi connectivity index (χ1n) is 9.19. The average molecular weight is 452 g/mol. The highest BCUT2D eigenvalue weighted by Gasteiger charge is 2.34. The first-order chi connectivity index (χ1) is 14.0. The molecule has 3 aromatic rings. The number of urea groups is 1. The molecule has 0 saturated carbocycles. The Morgan fingerprint density at radius 2 is 1.76 bits per heavy atom. The zero-order valence-corrected chi connectivity index (χ0v) is 17.3. The second-order valence-corrected chi connectivity index (χ2v) is 7.64. The van der Waals surface area contributed by atoms with Gasteiger partial charge < -0.3 is 4.57 Å². The lowest BCUT2D eigenvalue weighted by molar-refractivity contribution is -0.129. The van der Waals surface area contributed by atoms with Crippen molar-refractivity contribution < 1.29 is 14.4 Å². The Kier molecular flexibility index (Phi) is 5.07. The molecule has 0 unspecified atom stereocenters. The smallest absolute Gasteiger partial charge is 0.331 e. The van der Waals surface area contributed by atoms with E-state index in [1.165, 1.54) is 0 Å². The van der Waals surface area contributed by atoms with Gasteiger partial charge in [-0.15, -0.1) is 0 Å². The van der Waals surface area contributed by atoms with Crippen LogP contribution in [0.5, 0.6) is 0 Å². The maximum Gasteiger partial charge on any atom is 0.331 e. The van der Waals surface area contributed by atoms with Gasteiger partial charge in [-0.3, -0.25) is 19.8 Å². The maximum absolute atomic E-state index is 12.6. The minimum Gasteiger partial charge on any atom is -0.342 e. The van der Waals surface area contributed by atoms with Gasteiger partial charge in [0.05, 0.1) is 0 Å². The number of hydrogen-bond acceptors (Lipinski definition) is 3. The molecule has 1 saturated heterocycles. The summed E-state index contributed by atoms with van der Waals surface area (Å²) >= 11 is 3.44. The Hall–Kier alpha value is -3.19. The van der Waals surface area contributed by atoms with Crippen molar-refractivity contribution in [2.45, 2.75) is 13.5 Å². The van der Waals surface area contributed by atoms with Gasteiger partial charge in [-0.1, -0.05) is 46.3 Å². The number of benzene rings is 2. The van der Waals surface area contributed by atoms with Crippen molar-refractivity contribution >= 4 is 50.8 Å². The fourth-order valence-corrected chi connectivity index (χ4v) is 3.71. The number of halogens is 1. The van der Waals surface area contributed by atoms with E-state index >= 15 is 0 Å². The third-order valence-corrected chi connectivity index (χ3v) is 5.42. The Morgan fingerprint density at radius 1 is 1.03 bits per heavy atom. The quantitative estimate of drug-likeness (QED) is 0.482. The number of barbiturate groups is 1. The molecule has 0 bridgehead atoms. The summed E-state index contributed by atoms with van der Waals surface area (Å²) in [6.45, 7) is 2.53. The molecule has 4 rings (SSSR count). The number of likely N-dealkylation sites (N-methyl/N-ethyl adjacent to an activating group) is 1. The predicted molar refractivity (Wildman–Crippen MR) is 114 cm³/mol. The molecule has 2 heterocycles. The van der Waals surface area contributed by atoms with Gasteiger partial charge in [-0.2, -0.15) is 0 Å². The third-order valence-electron chi connectivity index (χ3n) is 4.89. The number of carbonyl (C=O) groups excluding carboxylic acids is 3. The van der Waals surface area contributed by atoms with Crippen LogP contribution in [0, 0.1) is 0 Å². The van der Waals surface area contributed by atoms with Crippen molar-refractivity contribution in [2.75, 3.05) is 6.54 Å². The van der Waals surface area contributed by atoms with Crippen LogP contribution in [0.3, 0.4) is 0 Å². The van der Waals surface area contributed by atoms with Gasteiger partial charge in [0.2, 0.25) is 0 Å². The number of fused-ring (bicyclic) bond motifs is 1. The number of amides is 4. The van der Waals surface area contributed by atoms with Crippen molar-refractivity contribution in [1.29, 1.82) is 0 Å². The lowest BCUT2D eigenvalue weighted by Crippen LogP contribution is -2.53. The number of carbonyl (C=O) groups is 3. The maximum atomic E-state index is 12.6. The predicted octanol–water partition coefficient (Wildman–Crippen LogP) is 3.93. The van der Waals surface area contributed by atoms with Crippen LogP contribution in [-0.2, 0) is 16.1 Å². The van der Waals surface area contributed by atoms with Crippen LogP contribution in [0.2, 0.25) is 0 Å². The summed E-state index contributed by atoms with van der Waals surface area (Å²) in [7, 11) is 0. The summed E-state index contributed by atoms with van der Waals surface area (Å²) in [5.74, 6) is -1.25. The minimum atomic E-state index is -0.683. The molecule has 0 aliphatic carbocycles. The van der Waals surface area contributed by atoms with Gasteiger partial charge in [-0.05, 0) is 36.8 Å². The van der Waals surface area contributed by atoms with Crippen LogP contribution in [0.15, 0.2) is 64.8 Å². The second kappa shape index (κ2) is 7.67. The molecule has 7 heteroatoms. The zero-order valence-electron chi connectivity index (χ0n) is 15.7. The van der Waals surface area contributed by atoms with E-state index in [1.807, 2.05) is 54.7 Å². The number of para-hydroxylation sites is 1. The molecule has 6 nitrogen and oxygen atoms in total. The molecule has 1 aliphatic rings. The van der Waals surface area contributed by atoms with Crippen LogP contribution < -0.4 is 5.32 Å². The topological polar surface area (TPSA) is 71.4 Å². The number of imide groups is 2. The van der Waals surface area contributed by atoms with Crippen LogP contribution in [0.25, 0.3) is 17.0 Å². The number of hydrogen-bond donors (Lipinski definition) is 1. The number of rotatable bonds is 4. The van der Waals surface area contributed by atoms with Gasteiger partial charge in [-0.25, -0.2) is 4.79 Å². The van der Waals surface area contributed by atoms with Crippen LogP contribution in [0.1, 0.15) is 18.1 Å². The van der Waals surface area contributed by atoms with Crippen molar-refractivity contribution in [1.82, 2.24) is 14.8 Å². The van der Waals surface area contributed by atoms with Crippen LogP contribution in [0.4, 0.5) is 4.79 Å². The molecule has 1 aliphatic heterocycles. The van der Waals surface area contributed by atoms with E-state index in [1.54, 1.807) is 13.0 Å². The summed E-state index contributed by atoms with van der Waals surface area (Å²) in [5, 5.41) is 3.16. The van der Waals surface area contributed by atoms with Gasteiger partial charge in [0.25, 0.3) is 11.8 Å². The molecule has 0 radical (unpaired) electrons. The summed E-state index contributed by atoms with van der Waals surface area (Å²) in [5.41, 5.74) is 2.83. The Labute approximate surface area is 175 Å². The van der Waals surface area contributed by atoms with E-state index in [0.717, 1.165) is 31.4 Å². The minimum absolute atomic E-state index is 0.0435. The molecule has 0 spiro atoms. The van der Waals surface area contributed by atoms with E-state index in [4.69, 9.17) is 0 Å². The molecule has 2 aromatic carbocycles. The molecule has 1 fully saturated rings. The lowest BCUT2D eigenvalue weighted by Gasteiger charge is -2.24. The van der Waals surface area contributed by atoms with E-state index in [0.29, 0.717) is 6.54 Å². The highest BCUT2D eigenvalue weighted by Crippen LogP contribution is 2.26. The van der Waals surface area contributed by atoms with Crippen molar-refractivity contribution in [3.63, 3.8) is 0 Å². The summed E-state index contributed by atoms with van der Waals surface area (Å²) < 4.78 is 3.10. The molecular formula is C22H18BrN3O3. The van der Waals surface area contributed by atoms with Crippen molar-refractivity contribution in [3.8, 4) is 0 Å². The van der Waals surface area contributed by atoms with Gasteiger partial charge in [0.1, 0.15) is 5.57 Å². The molecule has 0 atom stereocenters.